The van der Waals surface area contributed by atoms with Crippen LogP contribution in [0.15, 0.2) is 71.9 Å². The summed E-state index contributed by atoms with van der Waals surface area (Å²) in [5.74, 6) is -1.18. The third-order valence-corrected chi connectivity index (χ3v) is 8.22. The second-order valence-electron chi connectivity index (χ2n) is 10.6. The minimum atomic E-state index is -0.710. The molecule has 3 N–H and O–H groups in total. The van der Waals surface area contributed by atoms with E-state index in [1.807, 2.05) is 0 Å². The number of aromatic nitrogens is 2. The van der Waals surface area contributed by atoms with E-state index in [9.17, 15) is 13.6 Å². The Labute approximate surface area is 240 Å². The standard InChI is InChI=1S/C31H25ClF2N6O/c32-18-6-10-21-22(12-18)29(27-23(33)2-1-3-24(27)34)35-14-17-15-36-31(40-28(17)21)38-19-7-4-16(5-8-19)30(41)39-26-13-20-9-11-25(26)37-20/h1-8,10,12,15,20,25-26,37H,9,11,13-14H2,(H,39,41)(H,36,38,40). The van der Waals surface area contributed by atoms with Gasteiger partial charge in [-0.05, 0) is 67.8 Å². The average molecular weight is 571 g/mol. The van der Waals surface area contributed by atoms with Crippen molar-refractivity contribution in [3.63, 3.8) is 0 Å². The molecule has 1 amide bonds. The van der Waals surface area contributed by atoms with Gasteiger partial charge in [0, 0.05) is 57.3 Å². The highest BCUT2D eigenvalue weighted by molar-refractivity contribution is 6.31. The molecule has 2 saturated heterocycles. The fourth-order valence-electron chi connectivity index (χ4n) is 5.99. The van der Waals surface area contributed by atoms with E-state index in [2.05, 4.69) is 25.9 Å². The third-order valence-electron chi connectivity index (χ3n) is 7.98. The normalized spacial score (nSPS) is 20.6. The first-order valence-corrected chi connectivity index (χ1v) is 13.9. The van der Waals surface area contributed by atoms with Crippen LogP contribution in [0.1, 0.15) is 46.3 Å². The molecule has 3 aromatic carbocycles. The molecular formula is C31H25ClF2N6O. The molecule has 0 saturated carbocycles. The predicted octanol–water partition coefficient (Wildman–Crippen LogP) is 5.79. The highest BCUT2D eigenvalue weighted by Crippen LogP contribution is 2.35. The molecule has 0 spiro atoms. The van der Waals surface area contributed by atoms with Gasteiger partial charge in [-0.15, -0.1) is 0 Å². The number of hydrogen-bond acceptors (Lipinski definition) is 6. The molecule has 7 nitrogen and oxygen atoms in total. The molecule has 3 unspecified atom stereocenters. The van der Waals surface area contributed by atoms with Crippen LogP contribution < -0.4 is 16.0 Å². The van der Waals surface area contributed by atoms with Gasteiger partial charge in [0.05, 0.1) is 23.5 Å². The number of halogens is 3. The molecule has 0 aliphatic carbocycles. The topological polar surface area (TPSA) is 91.3 Å². The number of nitrogens with zero attached hydrogens (tertiary/aromatic N) is 3. The van der Waals surface area contributed by atoms with Crippen LogP contribution in [0.5, 0.6) is 0 Å². The Bertz CT molecular complexity index is 1690. The van der Waals surface area contributed by atoms with Crippen LogP contribution in [0.2, 0.25) is 5.02 Å². The number of nitrogens with one attached hydrogen (secondary N) is 3. The highest BCUT2D eigenvalue weighted by atomic mass is 35.5. The van der Waals surface area contributed by atoms with Crippen LogP contribution in [0, 0.1) is 11.6 Å². The van der Waals surface area contributed by atoms with Gasteiger partial charge in [-0.2, -0.15) is 0 Å². The summed E-state index contributed by atoms with van der Waals surface area (Å²) in [6.07, 6.45) is 4.91. The molecule has 3 aliphatic heterocycles. The fraction of sp³-hybridized carbons (Fsp3) is 0.226. The molecule has 4 heterocycles. The summed E-state index contributed by atoms with van der Waals surface area (Å²) in [6.45, 7) is 0.132. The molecule has 2 fully saturated rings. The van der Waals surface area contributed by atoms with E-state index in [-0.39, 0.29) is 29.8 Å². The van der Waals surface area contributed by atoms with E-state index in [0.29, 0.717) is 56.7 Å². The Morgan fingerprint density at radius 3 is 2.54 bits per heavy atom. The Kier molecular flexibility index (Phi) is 6.48. The molecule has 0 radical (unpaired) electrons. The second-order valence-corrected chi connectivity index (χ2v) is 11.0. The Morgan fingerprint density at radius 2 is 1.80 bits per heavy atom. The largest absolute Gasteiger partial charge is 0.348 e. The quantitative estimate of drug-likeness (QED) is 0.282. The molecular weight excluding hydrogens is 546 g/mol. The molecule has 1 aromatic heterocycles. The maximum Gasteiger partial charge on any atom is 0.251 e. The maximum atomic E-state index is 14.8. The first-order valence-electron chi connectivity index (χ1n) is 13.5. The van der Waals surface area contributed by atoms with Gasteiger partial charge in [-0.25, -0.2) is 18.7 Å². The summed E-state index contributed by atoms with van der Waals surface area (Å²) in [6, 6.07) is 17.0. The van der Waals surface area contributed by atoms with Crippen molar-refractivity contribution < 1.29 is 13.6 Å². The smallest absolute Gasteiger partial charge is 0.251 e. The van der Waals surface area contributed by atoms with E-state index in [4.69, 9.17) is 16.6 Å². The lowest BCUT2D eigenvalue weighted by Gasteiger charge is -2.21. The lowest BCUT2D eigenvalue weighted by molar-refractivity contribution is 0.0931. The molecule has 41 heavy (non-hydrogen) atoms. The lowest BCUT2D eigenvalue weighted by atomic mass is 9.95. The highest BCUT2D eigenvalue weighted by Gasteiger charge is 2.39. The molecule has 3 atom stereocenters. The van der Waals surface area contributed by atoms with E-state index < -0.39 is 11.6 Å². The van der Waals surface area contributed by atoms with Gasteiger partial charge in [-0.3, -0.25) is 9.79 Å². The Hall–Kier alpha value is -4.21. The first kappa shape index (κ1) is 25.7. The minimum absolute atomic E-state index is 0.0884. The van der Waals surface area contributed by atoms with Crippen LogP contribution in [-0.4, -0.2) is 39.7 Å². The summed E-state index contributed by atoms with van der Waals surface area (Å²) in [7, 11) is 0. The molecule has 10 heteroatoms. The number of benzene rings is 3. The Balaban J connectivity index is 1.15. The summed E-state index contributed by atoms with van der Waals surface area (Å²) in [5, 5.41) is 10.3. The number of amides is 1. The second kappa shape index (κ2) is 10.3. The molecule has 3 aliphatic rings. The summed E-state index contributed by atoms with van der Waals surface area (Å²) >= 11 is 6.31. The van der Waals surface area contributed by atoms with Gasteiger partial charge in [0.1, 0.15) is 11.6 Å². The van der Waals surface area contributed by atoms with E-state index in [0.717, 1.165) is 12.8 Å². The zero-order valence-electron chi connectivity index (χ0n) is 21.8. The zero-order valence-corrected chi connectivity index (χ0v) is 22.6. The predicted molar refractivity (Wildman–Crippen MR) is 154 cm³/mol. The van der Waals surface area contributed by atoms with Crippen LogP contribution >= 0.6 is 11.6 Å². The van der Waals surface area contributed by atoms with Gasteiger partial charge in [0.25, 0.3) is 5.91 Å². The monoisotopic (exact) mass is 570 g/mol. The van der Waals surface area contributed by atoms with Crippen molar-refractivity contribution in [3.05, 3.63) is 106 Å². The van der Waals surface area contributed by atoms with Crippen molar-refractivity contribution in [2.24, 2.45) is 4.99 Å². The summed E-state index contributed by atoms with van der Waals surface area (Å²) < 4.78 is 29.6. The van der Waals surface area contributed by atoms with Crippen LogP contribution in [-0.2, 0) is 6.54 Å². The van der Waals surface area contributed by atoms with Gasteiger partial charge in [0.2, 0.25) is 5.95 Å². The fourth-order valence-corrected chi connectivity index (χ4v) is 6.16. The number of rotatable bonds is 5. The lowest BCUT2D eigenvalue weighted by Crippen LogP contribution is -2.42. The van der Waals surface area contributed by atoms with Crippen molar-refractivity contribution in [1.82, 2.24) is 20.6 Å². The average Bonchev–Trinajstić information content (AvgIpc) is 3.55. The molecule has 4 aromatic rings. The van der Waals surface area contributed by atoms with Crippen LogP contribution in [0.25, 0.3) is 11.3 Å². The number of carbonyl (C=O) groups is 1. The zero-order chi connectivity index (χ0) is 28.1. The third kappa shape index (κ3) is 4.85. The van der Waals surface area contributed by atoms with Crippen LogP contribution in [0.4, 0.5) is 20.4 Å². The number of hydrogen-bond donors (Lipinski definition) is 3. The van der Waals surface area contributed by atoms with Crippen LogP contribution in [0.3, 0.4) is 0 Å². The molecule has 206 valence electrons. The SMILES string of the molecule is O=C(NC1CC2CCC1N2)c1ccc(Nc2ncc3c(n2)-c2ccc(Cl)cc2C(c2c(F)cccc2F)=NC3)cc1. The van der Waals surface area contributed by atoms with Crippen molar-refractivity contribution in [1.29, 1.82) is 0 Å². The molecule has 7 rings (SSSR count). The van der Waals surface area contributed by atoms with Gasteiger partial charge < -0.3 is 16.0 Å². The van der Waals surface area contributed by atoms with Crippen molar-refractivity contribution in [2.45, 2.75) is 43.9 Å². The van der Waals surface area contributed by atoms with E-state index in [1.54, 1.807) is 48.7 Å². The van der Waals surface area contributed by atoms with E-state index in [1.165, 1.54) is 24.6 Å². The van der Waals surface area contributed by atoms with Gasteiger partial charge in [-0.1, -0.05) is 23.7 Å². The number of aliphatic imine (C=N–C) groups is 1. The van der Waals surface area contributed by atoms with E-state index >= 15 is 0 Å². The first-order chi connectivity index (χ1) is 19.9. The number of fused-ring (bicyclic) bond motifs is 5. The van der Waals surface area contributed by atoms with Crippen molar-refractivity contribution >= 4 is 34.9 Å². The number of anilines is 2. The Morgan fingerprint density at radius 1 is 1.00 bits per heavy atom. The number of carbonyl (C=O) groups excluding carboxylic acids is 1. The van der Waals surface area contributed by atoms with Gasteiger partial charge >= 0.3 is 0 Å². The summed E-state index contributed by atoms with van der Waals surface area (Å²) in [4.78, 5) is 26.6. The minimum Gasteiger partial charge on any atom is -0.348 e. The maximum absolute atomic E-state index is 14.8. The summed E-state index contributed by atoms with van der Waals surface area (Å²) in [5.41, 5.74) is 3.64. The van der Waals surface area contributed by atoms with Gasteiger partial charge in [0.15, 0.2) is 0 Å². The molecule has 2 bridgehead atoms. The van der Waals surface area contributed by atoms with Crippen molar-refractivity contribution in [3.8, 4) is 11.3 Å². The van der Waals surface area contributed by atoms with Crippen molar-refractivity contribution in [2.75, 3.05) is 5.32 Å².